The van der Waals surface area contributed by atoms with Gasteiger partial charge in [0.25, 0.3) is 0 Å². The molecule has 0 radical (unpaired) electrons. The van der Waals surface area contributed by atoms with Crippen LogP contribution in [0.3, 0.4) is 0 Å². The topological polar surface area (TPSA) is 63.6 Å². The molecule has 2 aromatic rings. The van der Waals surface area contributed by atoms with Crippen LogP contribution in [0.25, 0.3) is 0 Å². The summed E-state index contributed by atoms with van der Waals surface area (Å²) in [6, 6.07) is 0. The lowest BCUT2D eigenvalue weighted by Gasteiger charge is -2.18. The first-order chi connectivity index (χ1) is 15.4. The van der Waals surface area contributed by atoms with Crippen molar-refractivity contribution >= 4 is 77.1 Å². The van der Waals surface area contributed by atoms with Gasteiger partial charge in [0.1, 0.15) is 26.2 Å². The molecule has 0 aromatic carbocycles. The Morgan fingerprint density at radius 3 is 1.58 bits per heavy atom. The van der Waals surface area contributed by atoms with Crippen LogP contribution >= 0.6 is 71.3 Å². The van der Waals surface area contributed by atoms with Crippen molar-refractivity contribution in [3.8, 4) is 0 Å². The van der Waals surface area contributed by atoms with Crippen LogP contribution < -0.4 is 5.32 Å². The zero-order valence-electron chi connectivity index (χ0n) is 19.1. The SMILES string of the molecule is CCC(C)c1c(Br)nc(SC)nc1Br.CCC(C)c1c(Br)nc(SC)nc1NCC(F)(F)F. The molecular weight excluding hydrogens is 671 g/mol. The quantitative estimate of drug-likeness (QED) is 0.168. The summed E-state index contributed by atoms with van der Waals surface area (Å²) in [6.07, 6.45) is 1.35. The number of halogens is 6. The van der Waals surface area contributed by atoms with Crippen LogP contribution in [0, 0.1) is 0 Å². The predicted octanol–water partition coefficient (Wildman–Crippen LogP) is 8.69. The minimum Gasteiger partial charge on any atom is -0.361 e. The lowest BCUT2D eigenvalue weighted by Crippen LogP contribution is -2.23. The van der Waals surface area contributed by atoms with Crippen molar-refractivity contribution in [2.45, 2.75) is 68.9 Å². The third kappa shape index (κ3) is 9.81. The Hall–Kier alpha value is -0.110. The molecular formula is C20H27Br3F3N5S2. The van der Waals surface area contributed by atoms with E-state index in [4.69, 9.17) is 0 Å². The largest absolute Gasteiger partial charge is 0.405 e. The van der Waals surface area contributed by atoms with E-state index in [0.29, 0.717) is 21.2 Å². The molecule has 13 heteroatoms. The Kier molecular flexibility index (Phi) is 13.5. The molecule has 0 aliphatic heterocycles. The molecule has 186 valence electrons. The summed E-state index contributed by atoms with van der Waals surface area (Å²) >= 11 is 13.1. The van der Waals surface area contributed by atoms with E-state index in [2.05, 4.69) is 86.9 Å². The highest BCUT2D eigenvalue weighted by atomic mass is 79.9. The molecule has 2 rings (SSSR count). The first-order valence-electron chi connectivity index (χ1n) is 10.1. The highest BCUT2D eigenvalue weighted by Crippen LogP contribution is 2.34. The number of alkyl halides is 3. The van der Waals surface area contributed by atoms with Crippen molar-refractivity contribution < 1.29 is 13.2 Å². The lowest BCUT2D eigenvalue weighted by molar-refractivity contribution is -0.115. The van der Waals surface area contributed by atoms with Gasteiger partial charge in [0.05, 0.1) is 0 Å². The van der Waals surface area contributed by atoms with E-state index in [9.17, 15) is 13.2 Å². The Morgan fingerprint density at radius 2 is 1.18 bits per heavy atom. The van der Waals surface area contributed by atoms with Crippen LogP contribution in [0.4, 0.5) is 19.0 Å². The standard InChI is InChI=1S/C11H15BrF3N3S.C9H12Br2N2S/c1-4-6(2)7-8(12)17-10(19-3)18-9(7)16-5-11(13,14)15;1-4-5(2)6-7(10)12-9(14-3)13-8(6)11/h6H,4-5H2,1-3H3,(H,16,17,18);5H,4H2,1-3H3. The van der Waals surface area contributed by atoms with E-state index in [1.54, 1.807) is 18.0 Å². The van der Waals surface area contributed by atoms with E-state index in [1.807, 2.05) is 20.1 Å². The van der Waals surface area contributed by atoms with E-state index in [-0.39, 0.29) is 11.7 Å². The summed E-state index contributed by atoms with van der Waals surface area (Å²) in [4.78, 5) is 17.1. The first kappa shape index (κ1) is 30.9. The highest BCUT2D eigenvalue weighted by Gasteiger charge is 2.28. The molecule has 0 aliphatic rings. The van der Waals surface area contributed by atoms with Crippen LogP contribution in [0.5, 0.6) is 0 Å². The highest BCUT2D eigenvalue weighted by molar-refractivity contribution is 9.11. The maximum Gasteiger partial charge on any atom is 0.405 e. The van der Waals surface area contributed by atoms with Gasteiger partial charge >= 0.3 is 6.18 Å². The fourth-order valence-corrected chi connectivity index (χ4v) is 6.16. The third-order valence-electron chi connectivity index (χ3n) is 4.74. The van der Waals surface area contributed by atoms with Gasteiger partial charge in [-0.25, -0.2) is 19.9 Å². The van der Waals surface area contributed by atoms with Crippen LogP contribution in [0.1, 0.15) is 63.5 Å². The number of anilines is 1. The van der Waals surface area contributed by atoms with Crippen LogP contribution in [0.15, 0.2) is 24.1 Å². The number of hydrogen-bond acceptors (Lipinski definition) is 7. The molecule has 0 fully saturated rings. The second kappa shape index (κ2) is 14.4. The smallest absolute Gasteiger partial charge is 0.361 e. The molecule has 2 heterocycles. The molecule has 1 N–H and O–H groups in total. The maximum absolute atomic E-state index is 12.3. The summed E-state index contributed by atoms with van der Waals surface area (Å²) < 4.78 is 39.3. The first-order valence-corrected chi connectivity index (χ1v) is 14.9. The molecule has 0 saturated carbocycles. The van der Waals surface area contributed by atoms with E-state index >= 15 is 0 Å². The lowest BCUT2D eigenvalue weighted by atomic mass is 10.0. The average molecular weight is 698 g/mol. The van der Waals surface area contributed by atoms with Gasteiger partial charge in [-0.15, -0.1) is 0 Å². The molecule has 0 aliphatic carbocycles. The third-order valence-corrected chi connectivity index (χ3v) is 7.65. The van der Waals surface area contributed by atoms with Crippen molar-refractivity contribution in [3.63, 3.8) is 0 Å². The zero-order chi connectivity index (χ0) is 25.3. The van der Waals surface area contributed by atoms with Crippen molar-refractivity contribution in [1.82, 2.24) is 19.9 Å². The average Bonchev–Trinajstić information content (AvgIpc) is 2.75. The van der Waals surface area contributed by atoms with Gasteiger partial charge in [0.2, 0.25) is 0 Å². The van der Waals surface area contributed by atoms with Crippen LogP contribution in [-0.4, -0.2) is 45.2 Å². The van der Waals surface area contributed by atoms with Crippen LogP contribution in [0.2, 0.25) is 0 Å². The number of nitrogens with zero attached hydrogens (tertiary/aromatic N) is 4. The number of nitrogens with one attached hydrogen (secondary N) is 1. The molecule has 5 nitrogen and oxygen atoms in total. The van der Waals surface area contributed by atoms with Crippen molar-refractivity contribution in [1.29, 1.82) is 0 Å². The summed E-state index contributed by atoms with van der Waals surface area (Å²) in [7, 11) is 0. The summed E-state index contributed by atoms with van der Waals surface area (Å²) in [5, 5.41) is 3.59. The zero-order valence-corrected chi connectivity index (χ0v) is 25.5. The fourth-order valence-electron chi connectivity index (χ4n) is 2.57. The monoisotopic (exact) mass is 695 g/mol. The molecule has 0 saturated heterocycles. The van der Waals surface area contributed by atoms with Crippen LogP contribution in [-0.2, 0) is 0 Å². The Balaban J connectivity index is 0.000000346. The van der Waals surface area contributed by atoms with Gasteiger partial charge in [0, 0.05) is 11.1 Å². The summed E-state index contributed by atoms with van der Waals surface area (Å²) in [5.41, 5.74) is 1.84. The van der Waals surface area contributed by atoms with Gasteiger partial charge in [-0.1, -0.05) is 51.2 Å². The van der Waals surface area contributed by atoms with Gasteiger partial charge in [0.15, 0.2) is 10.3 Å². The fraction of sp³-hybridized carbons (Fsp3) is 0.600. The Bertz CT molecular complexity index is 896. The van der Waals surface area contributed by atoms with Gasteiger partial charge < -0.3 is 5.32 Å². The summed E-state index contributed by atoms with van der Waals surface area (Å²) in [6.45, 7) is 7.13. The van der Waals surface area contributed by atoms with Gasteiger partial charge in [-0.2, -0.15) is 13.2 Å². The normalized spacial score (nSPS) is 13.2. The minimum atomic E-state index is -4.27. The van der Waals surface area contributed by atoms with E-state index in [0.717, 1.165) is 32.8 Å². The Labute approximate surface area is 227 Å². The second-order valence-corrected chi connectivity index (χ2v) is 10.9. The summed E-state index contributed by atoms with van der Waals surface area (Å²) in [5.74, 6) is 0.786. The number of hydrogen-bond donors (Lipinski definition) is 1. The predicted molar refractivity (Wildman–Crippen MR) is 143 cm³/mol. The van der Waals surface area contributed by atoms with E-state index < -0.39 is 12.7 Å². The molecule has 0 amide bonds. The molecule has 0 bridgehead atoms. The Morgan fingerprint density at radius 1 is 0.788 bits per heavy atom. The van der Waals surface area contributed by atoms with E-state index in [1.165, 1.54) is 11.8 Å². The molecule has 0 spiro atoms. The molecule has 2 aromatic heterocycles. The van der Waals surface area contributed by atoms with Crippen molar-refractivity contribution in [2.75, 3.05) is 24.4 Å². The number of rotatable bonds is 8. The van der Waals surface area contributed by atoms with Crippen molar-refractivity contribution in [3.05, 3.63) is 24.9 Å². The van der Waals surface area contributed by atoms with Gasteiger partial charge in [-0.3, -0.25) is 0 Å². The molecule has 2 unspecified atom stereocenters. The minimum absolute atomic E-state index is 0.0704. The number of thioether (sulfide) groups is 2. The number of aromatic nitrogens is 4. The molecule has 2 atom stereocenters. The second-order valence-electron chi connectivity index (χ2n) is 7.06. The molecule has 33 heavy (non-hydrogen) atoms. The maximum atomic E-state index is 12.3. The van der Waals surface area contributed by atoms with Crippen molar-refractivity contribution in [2.24, 2.45) is 0 Å². The van der Waals surface area contributed by atoms with Gasteiger partial charge in [-0.05, 0) is 85.0 Å².